The van der Waals surface area contributed by atoms with Gasteiger partial charge in [0.1, 0.15) is 0 Å². The van der Waals surface area contributed by atoms with E-state index < -0.39 is 18.0 Å². The first kappa shape index (κ1) is 14.3. The van der Waals surface area contributed by atoms with E-state index in [-0.39, 0.29) is 5.92 Å². The zero-order chi connectivity index (χ0) is 14.8. The lowest BCUT2D eigenvalue weighted by molar-refractivity contribution is -0.145. The molecule has 0 bridgehead atoms. The van der Waals surface area contributed by atoms with Crippen molar-refractivity contribution in [2.75, 3.05) is 0 Å². The molecule has 112 valence electrons. The largest absolute Gasteiger partial charge is 0.481 e. The molecule has 1 aromatic rings. The number of aryl methyl sites for hydroxylation is 2. The molecule has 0 fully saturated rings. The maximum Gasteiger partial charge on any atom is 0.307 e. The predicted octanol–water partition coefficient (Wildman–Crippen LogP) is 3.27. The van der Waals surface area contributed by atoms with Crippen LogP contribution in [0, 0.1) is 11.8 Å². The third kappa shape index (κ3) is 2.88. The summed E-state index contributed by atoms with van der Waals surface area (Å²) in [6.07, 6.45) is 9.00. The topological polar surface area (TPSA) is 57.5 Å². The van der Waals surface area contributed by atoms with E-state index in [9.17, 15) is 15.0 Å². The van der Waals surface area contributed by atoms with Gasteiger partial charge in [-0.3, -0.25) is 4.79 Å². The number of carboxylic acid groups (broad SMARTS) is 1. The zero-order valence-corrected chi connectivity index (χ0v) is 12.2. The number of allylic oxidation sites excluding steroid dienone is 2. The lowest BCUT2D eigenvalue weighted by Crippen LogP contribution is -2.29. The van der Waals surface area contributed by atoms with Crippen LogP contribution in [0.2, 0.25) is 0 Å². The summed E-state index contributed by atoms with van der Waals surface area (Å²) < 4.78 is 0. The molecule has 0 saturated heterocycles. The molecule has 3 nitrogen and oxygen atoms in total. The summed E-state index contributed by atoms with van der Waals surface area (Å²) in [5, 5.41) is 20.0. The summed E-state index contributed by atoms with van der Waals surface area (Å²) in [5.41, 5.74) is 3.59. The Morgan fingerprint density at radius 3 is 2.57 bits per heavy atom. The molecule has 0 spiro atoms. The number of rotatable bonds is 3. The standard InChI is InChI=1S/C18H22O3/c19-17(15-7-3-4-8-16(15)18(20)21)14-10-9-12-5-1-2-6-13(12)11-14/h3-4,9-11,15-17,19H,1-2,5-8H2,(H,20,21). The summed E-state index contributed by atoms with van der Waals surface area (Å²) in [6, 6.07) is 6.18. The minimum Gasteiger partial charge on any atom is -0.481 e. The molecule has 0 radical (unpaired) electrons. The third-order valence-electron chi connectivity index (χ3n) is 4.92. The lowest BCUT2D eigenvalue weighted by Gasteiger charge is -2.30. The van der Waals surface area contributed by atoms with Gasteiger partial charge in [0.25, 0.3) is 0 Å². The molecule has 0 heterocycles. The van der Waals surface area contributed by atoms with Crippen molar-refractivity contribution in [2.45, 2.75) is 44.6 Å². The summed E-state index contributed by atoms with van der Waals surface area (Å²) in [7, 11) is 0. The summed E-state index contributed by atoms with van der Waals surface area (Å²) >= 11 is 0. The van der Waals surface area contributed by atoms with Crippen LogP contribution in [0.25, 0.3) is 0 Å². The number of aliphatic carboxylic acids is 1. The Labute approximate surface area is 125 Å². The highest BCUT2D eigenvalue weighted by atomic mass is 16.4. The molecule has 2 aliphatic carbocycles. The Balaban J connectivity index is 1.85. The van der Waals surface area contributed by atoms with Gasteiger partial charge in [-0.25, -0.2) is 0 Å². The number of carbonyl (C=O) groups is 1. The molecule has 2 aliphatic rings. The van der Waals surface area contributed by atoms with E-state index in [4.69, 9.17) is 0 Å². The van der Waals surface area contributed by atoms with Crippen LogP contribution < -0.4 is 0 Å². The number of aliphatic hydroxyl groups is 1. The Bertz CT molecular complexity index is 562. The molecule has 3 heteroatoms. The second kappa shape index (κ2) is 6.02. The fourth-order valence-corrected chi connectivity index (χ4v) is 3.65. The van der Waals surface area contributed by atoms with Gasteiger partial charge in [0.15, 0.2) is 0 Å². The Morgan fingerprint density at radius 2 is 1.81 bits per heavy atom. The summed E-state index contributed by atoms with van der Waals surface area (Å²) in [6.45, 7) is 0. The SMILES string of the molecule is O=C(O)C1CC=CCC1C(O)c1ccc2c(c1)CCCC2. The van der Waals surface area contributed by atoms with Gasteiger partial charge in [0.2, 0.25) is 0 Å². The van der Waals surface area contributed by atoms with Crippen LogP contribution in [0.1, 0.15) is 48.5 Å². The number of carboxylic acids is 1. The van der Waals surface area contributed by atoms with Crippen LogP contribution in [0.15, 0.2) is 30.4 Å². The molecule has 0 aliphatic heterocycles. The van der Waals surface area contributed by atoms with Gasteiger partial charge in [0, 0.05) is 5.92 Å². The van der Waals surface area contributed by atoms with E-state index >= 15 is 0 Å². The van der Waals surface area contributed by atoms with Gasteiger partial charge < -0.3 is 10.2 Å². The molecule has 3 rings (SSSR count). The van der Waals surface area contributed by atoms with Crippen LogP contribution in [0.4, 0.5) is 0 Å². The molecule has 0 saturated carbocycles. The summed E-state index contributed by atoms with van der Waals surface area (Å²) in [4.78, 5) is 11.4. The van der Waals surface area contributed by atoms with Crippen LogP contribution in [-0.2, 0) is 17.6 Å². The van der Waals surface area contributed by atoms with Gasteiger partial charge in [-0.1, -0.05) is 30.4 Å². The molecule has 21 heavy (non-hydrogen) atoms. The minimum atomic E-state index is -0.804. The number of hydrogen-bond donors (Lipinski definition) is 2. The van der Waals surface area contributed by atoms with Gasteiger partial charge in [-0.05, 0) is 55.2 Å². The van der Waals surface area contributed by atoms with Crippen molar-refractivity contribution in [3.05, 3.63) is 47.0 Å². The molecule has 1 aromatic carbocycles. The van der Waals surface area contributed by atoms with Crippen molar-refractivity contribution in [1.29, 1.82) is 0 Å². The number of aliphatic hydroxyl groups excluding tert-OH is 1. The number of fused-ring (bicyclic) bond motifs is 1. The third-order valence-corrected chi connectivity index (χ3v) is 4.92. The van der Waals surface area contributed by atoms with E-state index in [1.54, 1.807) is 0 Å². The smallest absolute Gasteiger partial charge is 0.307 e. The Kier molecular flexibility index (Phi) is 4.11. The average Bonchev–Trinajstić information content (AvgIpc) is 2.53. The first-order chi connectivity index (χ1) is 10.2. The van der Waals surface area contributed by atoms with Crippen molar-refractivity contribution < 1.29 is 15.0 Å². The molecule has 2 N–H and O–H groups in total. The quantitative estimate of drug-likeness (QED) is 0.838. The molecular formula is C18H22O3. The van der Waals surface area contributed by atoms with Crippen LogP contribution >= 0.6 is 0 Å². The van der Waals surface area contributed by atoms with Gasteiger partial charge in [0.05, 0.1) is 12.0 Å². The molecular weight excluding hydrogens is 264 g/mol. The fraction of sp³-hybridized carbons (Fsp3) is 0.500. The minimum absolute atomic E-state index is 0.228. The van der Waals surface area contributed by atoms with E-state index in [0.29, 0.717) is 12.8 Å². The normalized spacial score (nSPS) is 26.1. The number of benzene rings is 1. The van der Waals surface area contributed by atoms with E-state index in [1.165, 1.54) is 24.0 Å². The average molecular weight is 286 g/mol. The van der Waals surface area contributed by atoms with Crippen molar-refractivity contribution >= 4 is 5.97 Å². The fourth-order valence-electron chi connectivity index (χ4n) is 3.65. The highest BCUT2D eigenvalue weighted by Crippen LogP contribution is 2.37. The highest BCUT2D eigenvalue weighted by molar-refractivity contribution is 5.71. The molecule has 3 atom stereocenters. The van der Waals surface area contributed by atoms with Crippen LogP contribution in [0.3, 0.4) is 0 Å². The van der Waals surface area contributed by atoms with Crippen LogP contribution in [0.5, 0.6) is 0 Å². The van der Waals surface area contributed by atoms with Crippen molar-refractivity contribution in [3.8, 4) is 0 Å². The second-order valence-corrected chi connectivity index (χ2v) is 6.23. The van der Waals surface area contributed by atoms with Crippen molar-refractivity contribution in [2.24, 2.45) is 11.8 Å². The van der Waals surface area contributed by atoms with E-state index in [1.807, 2.05) is 18.2 Å². The van der Waals surface area contributed by atoms with Crippen molar-refractivity contribution in [1.82, 2.24) is 0 Å². The van der Waals surface area contributed by atoms with E-state index in [2.05, 4.69) is 12.1 Å². The Morgan fingerprint density at radius 1 is 1.10 bits per heavy atom. The van der Waals surface area contributed by atoms with Crippen molar-refractivity contribution in [3.63, 3.8) is 0 Å². The maximum absolute atomic E-state index is 11.4. The van der Waals surface area contributed by atoms with Gasteiger partial charge in [-0.15, -0.1) is 0 Å². The first-order valence-corrected chi connectivity index (χ1v) is 7.84. The lowest BCUT2D eigenvalue weighted by atomic mass is 9.77. The van der Waals surface area contributed by atoms with Gasteiger partial charge >= 0.3 is 5.97 Å². The zero-order valence-electron chi connectivity index (χ0n) is 12.2. The predicted molar refractivity (Wildman–Crippen MR) is 81.0 cm³/mol. The van der Waals surface area contributed by atoms with E-state index in [0.717, 1.165) is 18.4 Å². The maximum atomic E-state index is 11.4. The molecule has 0 aromatic heterocycles. The monoisotopic (exact) mass is 286 g/mol. The summed E-state index contributed by atoms with van der Waals surface area (Å²) in [5.74, 6) is -1.52. The highest BCUT2D eigenvalue weighted by Gasteiger charge is 2.34. The molecule has 3 unspecified atom stereocenters. The van der Waals surface area contributed by atoms with Crippen LogP contribution in [-0.4, -0.2) is 16.2 Å². The molecule has 0 amide bonds. The number of hydrogen-bond acceptors (Lipinski definition) is 2. The second-order valence-electron chi connectivity index (χ2n) is 6.23. The first-order valence-electron chi connectivity index (χ1n) is 7.84. The Hall–Kier alpha value is -1.61. The van der Waals surface area contributed by atoms with Gasteiger partial charge in [-0.2, -0.15) is 0 Å².